The van der Waals surface area contributed by atoms with E-state index in [1.807, 2.05) is 0 Å². The number of ether oxygens (including phenoxy) is 3. The maximum atomic E-state index is 9.95. The molecule has 0 aliphatic rings. The quantitative estimate of drug-likeness (QED) is 0.344. The van der Waals surface area contributed by atoms with Crippen LogP contribution in [0, 0.1) is 10.8 Å². The third kappa shape index (κ3) is 10.4. The molecule has 0 amide bonds. The molecule has 0 spiro atoms. The Morgan fingerprint density at radius 2 is 1.10 bits per heavy atom. The van der Waals surface area contributed by atoms with Gasteiger partial charge in [0.15, 0.2) is 5.79 Å². The van der Waals surface area contributed by atoms with Gasteiger partial charge in [0.05, 0.1) is 36.1 Å². The number of aliphatic hydroxyl groups is 2. The van der Waals surface area contributed by atoms with Gasteiger partial charge in [-0.1, -0.05) is 27.7 Å². The van der Waals surface area contributed by atoms with Gasteiger partial charge >= 0.3 is 0 Å². The van der Waals surface area contributed by atoms with E-state index in [4.69, 9.17) is 14.2 Å². The van der Waals surface area contributed by atoms with Crippen molar-refractivity contribution in [2.24, 2.45) is 10.8 Å². The molecule has 0 bridgehead atoms. The highest BCUT2D eigenvalue weighted by molar-refractivity contribution is 4.92. The van der Waals surface area contributed by atoms with E-state index in [0.29, 0.717) is 19.6 Å². The monoisotopic (exact) mass is 432 g/mol. The second kappa shape index (κ2) is 10.2. The molecular formula is C25H52O5. The molecule has 0 aliphatic carbocycles. The second-order valence-electron chi connectivity index (χ2n) is 12.4. The minimum absolute atomic E-state index is 0.0432. The van der Waals surface area contributed by atoms with Crippen molar-refractivity contribution in [1.82, 2.24) is 0 Å². The van der Waals surface area contributed by atoms with Gasteiger partial charge in [0.25, 0.3) is 0 Å². The molecule has 2 N–H and O–H groups in total. The average Bonchev–Trinajstić information content (AvgIpc) is 2.41. The van der Waals surface area contributed by atoms with E-state index in [2.05, 4.69) is 62.3 Å². The highest BCUT2D eigenvalue weighted by Crippen LogP contribution is 2.42. The summed E-state index contributed by atoms with van der Waals surface area (Å²) >= 11 is 0. The fourth-order valence-corrected chi connectivity index (χ4v) is 3.28. The van der Waals surface area contributed by atoms with Gasteiger partial charge in [-0.25, -0.2) is 0 Å². The van der Waals surface area contributed by atoms with Crippen molar-refractivity contribution in [2.45, 2.75) is 138 Å². The molecule has 0 radical (unpaired) electrons. The van der Waals surface area contributed by atoms with Crippen LogP contribution in [0.3, 0.4) is 0 Å². The van der Waals surface area contributed by atoms with Gasteiger partial charge in [0.2, 0.25) is 0 Å². The predicted octanol–water partition coefficient (Wildman–Crippen LogP) is 5.70. The molecule has 0 aromatic carbocycles. The lowest BCUT2D eigenvalue weighted by molar-refractivity contribution is -0.195. The SMILES string of the molecule is CC(CC(C)(C)C(C)(C)OCCC(C)(C)O)OC(C)(C)C(C)(C)CCOC(C)(C)O. The summed E-state index contributed by atoms with van der Waals surface area (Å²) in [5, 5.41) is 19.7. The van der Waals surface area contributed by atoms with E-state index in [-0.39, 0.29) is 28.1 Å². The van der Waals surface area contributed by atoms with E-state index >= 15 is 0 Å². The van der Waals surface area contributed by atoms with E-state index in [1.165, 1.54) is 0 Å². The van der Waals surface area contributed by atoms with Crippen LogP contribution >= 0.6 is 0 Å². The Kier molecular flexibility index (Phi) is 10.1. The summed E-state index contributed by atoms with van der Waals surface area (Å²) in [6.45, 7) is 27.3. The van der Waals surface area contributed by atoms with Crippen LogP contribution in [-0.4, -0.2) is 52.1 Å². The minimum Gasteiger partial charge on any atom is -0.390 e. The van der Waals surface area contributed by atoms with E-state index < -0.39 is 11.4 Å². The minimum atomic E-state index is -1.12. The summed E-state index contributed by atoms with van der Waals surface area (Å²) in [4.78, 5) is 0. The highest BCUT2D eigenvalue weighted by Gasteiger charge is 2.43. The van der Waals surface area contributed by atoms with Crippen LogP contribution in [0.15, 0.2) is 0 Å². The van der Waals surface area contributed by atoms with Crippen molar-refractivity contribution < 1.29 is 24.4 Å². The van der Waals surface area contributed by atoms with Gasteiger partial charge in [-0.2, -0.15) is 0 Å². The van der Waals surface area contributed by atoms with Crippen molar-refractivity contribution in [1.29, 1.82) is 0 Å². The Morgan fingerprint density at radius 3 is 1.53 bits per heavy atom. The molecule has 5 heteroatoms. The Balaban J connectivity index is 4.94. The molecule has 0 aromatic rings. The molecule has 0 rings (SSSR count). The van der Waals surface area contributed by atoms with Crippen LogP contribution in [0.5, 0.6) is 0 Å². The van der Waals surface area contributed by atoms with Gasteiger partial charge in [-0.15, -0.1) is 0 Å². The average molecular weight is 433 g/mol. The third-order valence-electron chi connectivity index (χ3n) is 6.91. The Labute approximate surface area is 186 Å². The lowest BCUT2D eigenvalue weighted by atomic mass is 9.72. The lowest BCUT2D eigenvalue weighted by Gasteiger charge is -2.47. The number of hydrogen-bond acceptors (Lipinski definition) is 5. The van der Waals surface area contributed by atoms with E-state index in [9.17, 15) is 10.2 Å². The largest absolute Gasteiger partial charge is 0.390 e. The van der Waals surface area contributed by atoms with Crippen molar-refractivity contribution in [3.05, 3.63) is 0 Å². The smallest absolute Gasteiger partial charge is 0.159 e. The van der Waals surface area contributed by atoms with Crippen LogP contribution in [0.4, 0.5) is 0 Å². The maximum absolute atomic E-state index is 9.95. The van der Waals surface area contributed by atoms with Gasteiger partial charge in [0, 0.05) is 0 Å². The molecule has 5 nitrogen and oxygen atoms in total. The van der Waals surface area contributed by atoms with Gasteiger partial charge in [-0.3, -0.25) is 0 Å². The summed E-state index contributed by atoms with van der Waals surface area (Å²) in [5.74, 6) is -1.12. The molecule has 182 valence electrons. The third-order valence-corrected chi connectivity index (χ3v) is 6.91. The second-order valence-corrected chi connectivity index (χ2v) is 12.4. The first kappa shape index (κ1) is 29.8. The molecule has 0 saturated carbocycles. The molecule has 0 fully saturated rings. The molecule has 1 unspecified atom stereocenters. The lowest BCUT2D eigenvalue weighted by Crippen LogP contribution is -2.48. The number of rotatable bonds is 14. The zero-order chi connectivity index (χ0) is 24.2. The normalized spacial score (nSPS) is 16.1. The maximum Gasteiger partial charge on any atom is 0.159 e. The first-order valence-corrected chi connectivity index (χ1v) is 11.4. The first-order chi connectivity index (χ1) is 13.0. The van der Waals surface area contributed by atoms with Crippen LogP contribution in [0.1, 0.15) is 109 Å². The highest BCUT2D eigenvalue weighted by atomic mass is 16.6. The first-order valence-electron chi connectivity index (χ1n) is 11.4. The molecule has 30 heavy (non-hydrogen) atoms. The summed E-state index contributed by atoms with van der Waals surface area (Å²) in [6, 6.07) is 0. The molecule has 1 atom stereocenters. The topological polar surface area (TPSA) is 68.2 Å². The Bertz CT molecular complexity index is 461. The molecule has 0 aromatic heterocycles. The van der Waals surface area contributed by atoms with Crippen molar-refractivity contribution in [3.63, 3.8) is 0 Å². The molecule has 0 aliphatic heterocycles. The Hall–Kier alpha value is -0.200. The van der Waals surface area contributed by atoms with Crippen molar-refractivity contribution >= 4 is 0 Å². The molecule has 0 saturated heterocycles. The fraction of sp³-hybridized carbons (Fsp3) is 1.00. The van der Waals surface area contributed by atoms with Gasteiger partial charge in [0.1, 0.15) is 0 Å². The van der Waals surface area contributed by atoms with E-state index in [1.54, 1.807) is 27.7 Å². The van der Waals surface area contributed by atoms with Crippen LogP contribution < -0.4 is 0 Å². The standard InChI is InChI=1S/C25H52O5/c1-19(18-21(4,5)23(8,9)28-17-15-22(6,7)26)30-24(10,11)20(2,3)14-16-29-25(12,13)27/h19,26-27H,14-18H2,1-13H3. The molecular weight excluding hydrogens is 380 g/mol. The zero-order valence-electron chi connectivity index (χ0n) is 22.2. The van der Waals surface area contributed by atoms with Crippen LogP contribution in [-0.2, 0) is 14.2 Å². The number of hydrogen-bond donors (Lipinski definition) is 2. The zero-order valence-corrected chi connectivity index (χ0v) is 22.2. The van der Waals surface area contributed by atoms with Gasteiger partial charge < -0.3 is 24.4 Å². The summed E-state index contributed by atoms with van der Waals surface area (Å²) in [6.07, 6.45) is 2.28. The fourth-order valence-electron chi connectivity index (χ4n) is 3.28. The van der Waals surface area contributed by atoms with E-state index in [0.717, 1.165) is 12.8 Å². The van der Waals surface area contributed by atoms with Gasteiger partial charge in [-0.05, 0) is 92.4 Å². The van der Waals surface area contributed by atoms with Crippen LogP contribution in [0.2, 0.25) is 0 Å². The van der Waals surface area contributed by atoms with Crippen LogP contribution in [0.25, 0.3) is 0 Å². The summed E-state index contributed by atoms with van der Waals surface area (Å²) < 4.78 is 18.3. The molecule has 0 heterocycles. The van der Waals surface area contributed by atoms with Crippen molar-refractivity contribution in [2.75, 3.05) is 13.2 Å². The Morgan fingerprint density at radius 1 is 0.633 bits per heavy atom. The van der Waals surface area contributed by atoms with Crippen molar-refractivity contribution in [3.8, 4) is 0 Å². The predicted molar refractivity (Wildman–Crippen MR) is 125 cm³/mol. The summed E-state index contributed by atoms with van der Waals surface area (Å²) in [7, 11) is 0. The summed E-state index contributed by atoms with van der Waals surface area (Å²) in [5.41, 5.74) is -1.68.